The van der Waals surface area contributed by atoms with Gasteiger partial charge in [0.25, 0.3) is 10.0 Å². The first-order valence-electron chi connectivity index (χ1n) is 13.5. The quantitative estimate of drug-likeness (QED) is 0.244. The van der Waals surface area contributed by atoms with Gasteiger partial charge in [-0.25, -0.2) is 13.4 Å². The average molecular weight is 570 g/mol. The van der Waals surface area contributed by atoms with Crippen LogP contribution < -0.4 is 4.72 Å². The Labute approximate surface area is 239 Å². The summed E-state index contributed by atoms with van der Waals surface area (Å²) < 4.78 is 43.8. The maximum atomic E-state index is 13.0. The lowest BCUT2D eigenvalue weighted by molar-refractivity contribution is -0.276. The van der Waals surface area contributed by atoms with Crippen molar-refractivity contribution in [3.05, 3.63) is 126 Å². The minimum atomic E-state index is -3.76. The smallest absolute Gasteiger partial charge is 0.261 e. The van der Waals surface area contributed by atoms with Crippen LogP contribution in [-0.4, -0.2) is 29.2 Å². The number of aliphatic hydroxyl groups is 1. The van der Waals surface area contributed by atoms with Crippen LogP contribution in [0.4, 0.5) is 5.69 Å². The molecule has 2 heterocycles. The zero-order valence-electron chi connectivity index (χ0n) is 22.5. The summed E-state index contributed by atoms with van der Waals surface area (Å²) in [5, 5.41) is 9.52. The highest BCUT2D eigenvalue weighted by atomic mass is 32.2. The van der Waals surface area contributed by atoms with E-state index in [1.165, 1.54) is 0 Å². The predicted molar refractivity (Wildman–Crippen MR) is 156 cm³/mol. The number of sulfonamides is 1. The van der Waals surface area contributed by atoms with Crippen molar-refractivity contribution in [2.75, 3.05) is 4.72 Å². The zero-order chi connectivity index (χ0) is 28.4. The molecule has 210 valence electrons. The molecule has 0 bridgehead atoms. The highest BCUT2D eigenvalue weighted by molar-refractivity contribution is 7.92. The van der Waals surface area contributed by atoms with Crippen molar-refractivity contribution in [1.29, 1.82) is 0 Å². The molecular formula is C32H31N3O5S. The number of fused-ring (bicyclic) bond motifs is 1. The lowest BCUT2D eigenvalue weighted by atomic mass is 9.90. The number of para-hydroxylation sites is 2. The molecule has 6 rings (SSSR count). The van der Waals surface area contributed by atoms with E-state index in [1.807, 2.05) is 60.9 Å². The molecule has 41 heavy (non-hydrogen) atoms. The van der Waals surface area contributed by atoms with Gasteiger partial charge in [-0.05, 0) is 47.5 Å². The molecule has 0 saturated carbocycles. The molecule has 1 aliphatic heterocycles. The van der Waals surface area contributed by atoms with Crippen molar-refractivity contribution in [2.24, 2.45) is 5.92 Å². The molecule has 1 fully saturated rings. The van der Waals surface area contributed by atoms with Crippen molar-refractivity contribution in [1.82, 2.24) is 9.55 Å². The maximum Gasteiger partial charge on any atom is 0.261 e. The first-order chi connectivity index (χ1) is 19.9. The number of nitrogens with zero attached hydrogens (tertiary/aromatic N) is 2. The third-order valence-electron chi connectivity index (χ3n) is 7.49. The summed E-state index contributed by atoms with van der Waals surface area (Å²) in [4.78, 5) is 4.72. The van der Waals surface area contributed by atoms with Crippen molar-refractivity contribution in [2.45, 2.75) is 43.5 Å². The van der Waals surface area contributed by atoms with Gasteiger partial charge in [0, 0.05) is 17.2 Å². The van der Waals surface area contributed by atoms with Gasteiger partial charge in [-0.3, -0.25) is 4.72 Å². The van der Waals surface area contributed by atoms with E-state index in [0.29, 0.717) is 17.8 Å². The number of aromatic nitrogens is 2. The van der Waals surface area contributed by atoms with Crippen LogP contribution in [-0.2, 0) is 32.6 Å². The van der Waals surface area contributed by atoms with Gasteiger partial charge in [-0.2, -0.15) is 0 Å². The Morgan fingerprint density at radius 1 is 0.878 bits per heavy atom. The topological polar surface area (TPSA) is 103 Å². The molecule has 4 atom stereocenters. The Bertz CT molecular complexity index is 1740. The van der Waals surface area contributed by atoms with Gasteiger partial charge < -0.3 is 19.1 Å². The molecule has 1 aromatic heterocycles. The van der Waals surface area contributed by atoms with Crippen LogP contribution in [0.15, 0.2) is 114 Å². The molecule has 1 saturated heterocycles. The van der Waals surface area contributed by atoms with E-state index in [4.69, 9.17) is 9.47 Å². The number of imidazole rings is 1. The first kappa shape index (κ1) is 27.2. The molecule has 0 amide bonds. The van der Waals surface area contributed by atoms with E-state index in [-0.39, 0.29) is 29.6 Å². The minimum absolute atomic E-state index is 0.0212. The number of hydrogen-bond acceptors (Lipinski definition) is 6. The highest BCUT2D eigenvalue weighted by Crippen LogP contribution is 2.42. The molecule has 0 unspecified atom stereocenters. The van der Waals surface area contributed by atoms with Gasteiger partial charge >= 0.3 is 0 Å². The summed E-state index contributed by atoms with van der Waals surface area (Å²) in [6.45, 7) is 2.64. The fourth-order valence-corrected chi connectivity index (χ4v) is 6.31. The van der Waals surface area contributed by atoms with Crippen molar-refractivity contribution in [3.8, 4) is 0 Å². The zero-order valence-corrected chi connectivity index (χ0v) is 23.3. The third-order valence-corrected chi connectivity index (χ3v) is 8.89. The standard InChI is InChI=1S/C32H31N3O5S/c1-22-30(19-35-21-33-28-12-5-6-13-29(28)35)39-32(40-31(22)24-16-14-23(20-36)15-17-24)25-8-7-9-26(18-25)34-41(37,38)27-10-3-2-4-11-27/h2-18,21-22,30-32,34,36H,19-20H2,1H3/t22-,30+,31+,32+/m1/s1. The van der Waals surface area contributed by atoms with Crippen LogP contribution in [0.5, 0.6) is 0 Å². The SMILES string of the molecule is C[C@@H]1[C@H](Cn2cnc3ccccc32)O[C@H](c2cccc(NS(=O)(=O)c3ccccc3)c2)O[C@@H]1c1ccc(CO)cc1. The highest BCUT2D eigenvalue weighted by Gasteiger charge is 2.38. The summed E-state index contributed by atoms with van der Waals surface area (Å²) in [6.07, 6.45) is 0.550. The second-order valence-corrected chi connectivity index (χ2v) is 11.9. The number of ether oxygens (including phenoxy) is 2. The number of rotatable bonds is 8. The molecule has 1 aliphatic rings. The number of hydrogen-bond donors (Lipinski definition) is 2. The van der Waals surface area contributed by atoms with Crippen molar-refractivity contribution >= 4 is 26.7 Å². The Kier molecular flexibility index (Phi) is 7.59. The number of anilines is 1. The summed E-state index contributed by atoms with van der Waals surface area (Å²) in [5.74, 6) is -0.0212. The largest absolute Gasteiger partial charge is 0.392 e. The van der Waals surface area contributed by atoms with Gasteiger partial charge in [0.2, 0.25) is 0 Å². The van der Waals surface area contributed by atoms with Crippen LogP contribution >= 0.6 is 0 Å². The Morgan fingerprint density at radius 3 is 2.41 bits per heavy atom. The van der Waals surface area contributed by atoms with E-state index >= 15 is 0 Å². The molecule has 8 nitrogen and oxygen atoms in total. The molecule has 0 spiro atoms. The Balaban J connectivity index is 1.31. The molecule has 0 radical (unpaired) electrons. The summed E-state index contributed by atoms with van der Waals surface area (Å²) in [6, 6.07) is 31.1. The minimum Gasteiger partial charge on any atom is -0.392 e. The summed E-state index contributed by atoms with van der Waals surface area (Å²) in [5.41, 5.74) is 4.85. The van der Waals surface area contributed by atoms with E-state index in [1.54, 1.807) is 48.5 Å². The normalized spacial score (nSPS) is 21.1. The number of nitrogens with one attached hydrogen (secondary N) is 1. The number of aliphatic hydroxyl groups excluding tert-OH is 1. The van der Waals surface area contributed by atoms with E-state index in [0.717, 1.165) is 22.2 Å². The lowest BCUT2D eigenvalue weighted by Gasteiger charge is -2.41. The molecule has 5 aromatic rings. The molecule has 2 N–H and O–H groups in total. The summed E-state index contributed by atoms with van der Waals surface area (Å²) in [7, 11) is -3.76. The fourth-order valence-electron chi connectivity index (χ4n) is 5.24. The molecule has 0 aliphatic carbocycles. The average Bonchev–Trinajstić information content (AvgIpc) is 3.41. The lowest BCUT2D eigenvalue weighted by Crippen LogP contribution is -2.39. The maximum absolute atomic E-state index is 13.0. The fraction of sp³-hybridized carbons (Fsp3) is 0.219. The molecule has 4 aromatic carbocycles. The monoisotopic (exact) mass is 569 g/mol. The molecule has 9 heteroatoms. The molecular weight excluding hydrogens is 538 g/mol. The third kappa shape index (κ3) is 5.75. The van der Waals surface area contributed by atoms with Crippen LogP contribution in [0.1, 0.15) is 36.0 Å². The van der Waals surface area contributed by atoms with E-state index in [9.17, 15) is 13.5 Å². The van der Waals surface area contributed by atoms with Gasteiger partial charge in [-0.15, -0.1) is 0 Å². The second-order valence-electron chi connectivity index (χ2n) is 10.3. The van der Waals surface area contributed by atoms with Crippen molar-refractivity contribution in [3.63, 3.8) is 0 Å². The van der Waals surface area contributed by atoms with Crippen molar-refractivity contribution < 1.29 is 23.0 Å². The van der Waals surface area contributed by atoms with Gasteiger partial charge in [-0.1, -0.05) is 73.7 Å². The van der Waals surface area contributed by atoms with Gasteiger partial charge in [0.1, 0.15) is 0 Å². The Hall–Kier alpha value is -4.02. The van der Waals surface area contributed by atoms with Crippen LogP contribution in [0.3, 0.4) is 0 Å². The van der Waals surface area contributed by atoms with Gasteiger partial charge in [0.05, 0.1) is 47.6 Å². The second kappa shape index (κ2) is 11.5. The Morgan fingerprint density at radius 2 is 1.63 bits per heavy atom. The first-order valence-corrected chi connectivity index (χ1v) is 15.0. The van der Waals surface area contributed by atoms with Crippen LogP contribution in [0, 0.1) is 5.92 Å². The number of benzene rings is 4. The van der Waals surface area contributed by atoms with E-state index < -0.39 is 16.3 Å². The predicted octanol–water partition coefficient (Wildman–Crippen LogP) is 5.82. The summed E-state index contributed by atoms with van der Waals surface area (Å²) >= 11 is 0. The van der Waals surface area contributed by atoms with E-state index in [2.05, 4.69) is 21.2 Å². The van der Waals surface area contributed by atoms with Crippen LogP contribution in [0.2, 0.25) is 0 Å². The van der Waals surface area contributed by atoms with Gasteiger partial charge in [0.15, 0.2) is 6.29 Å². The van der Waals surface area contributed by atoms with Crippen LogP contribution in [0.25, 0.3) is 11.0 Å².